The lowest BCUT2D eigenvalue weighted by Crippen LogP contribution is -2.38. The van der Waals surface area contributed by atoms with Gasteiger partial charge >= 0.3 is 0 Å². The van der Waals surface area contributed by atoms with E-state index in [0.717, 1.165) is 40.5 Å². The summed E-state index contributed by atoms with van der Waals surface area (Å²) in [5.41, 5.74) is 2.22. The monoisotopic (exact) mass is 467 g/mol. The zero-order chi connectivity index (χ0) is 16.3. The quantitative estimate of drug-likeness (QED) is 0.425. The van der Waals surface area contributed by atoms with E-state index in [0.29, 0.717) is 0 Å². The van der Waals surface area contributed by atoms with Gasteiger partial charge in [-0.3, -0.25) is 4.99 Å². The minimum absolute atomic E-state index is 0. The van der Waals surface area contributed by atoms with Gasteiger partial charge in [0.1, 0.15) is 0 Å². The van der Waals surface area contributed by atoms with Crippen LogP contribution in [-0.4, -0.2) is 34.5 Å². The average Bonchev–Trinajstić information content (AvgIpc) is 2.92. The van der Waals surface area contributed by atoms with E-state index in [1.54, 1.807) is 18.4 Å². The number of hydrogen-bond acceptors (Lipinski definition) is 3. The maximum atomic E-state index is 6.03. The molecule has 0 aliphatic heterocycles. The summed E-state index contributed by atoms with van der Waals surface area (Å²) in [6.07, 6.45) is 1.91. The molecule has 8 heteroatoms. The van der Waals surface area contributed by atoms with Crippen LogP contribution in [0.1, 0.15) is 21.3 Å². The first-order chi connectivity index (χ1) is 10.4. The molecule has 0 amide bonds. The summed E-state index contributed by atoms with van der Waals surface area (Å²) in [5.74, 6) is 0.850. The molecule has 0 saturated heterocycles. The number of nitrogens with zero attached hydrogens (tertiary/aromatic N) is 4. The Labute approximate surface area is 163 Å². The Morgan fingerprint density at radius 2 is 2.17 bits per heavy atom. The predicted molar refractivity (Wildman–Crippen MR) is 109 cm³/mol. The van der Waals surface area contributed by atoms with Gasteiger partial charge in [0.05, 0.1) is 28.8 Å². The first kappa shape index (κ1) is 20.2. The molecule has 2 aromatic rings. The third kappa shape index (κ3) is 5.36. The minimum atomic E-state index is 0. The zero-order valence-corrected chi connectivity index (χ0v) is 18.0. The normalized spacial score (nSPS) is 11.3. The molecule has 0 aromatic carbocycles. The lowest BCUT2D eigenvalue weighted by Gasteiger charge is -2.22. The highest BCUT2D eigenvalue weighted by Crippen LogP contribution is 2.17. The van der Waals surface area contributed by atoms with Crippen molar-refractivity contribution in [1.82, 2.24) is 19.8 Å². The zero-order valence-electron chi connectivity index (χ0n) is 14.1. The van der Waals surface area contributed by atoms with Crippen molar-refractivity contribution < 1.29 is 0 Å². The van der Waals surface area contributed by atoms with Crippen LogP contribution in [0.2, 0.25) is 5.02 Å². The molecular formula is C15H23ClIN5S. The van der Waals surface area contributed by atoms with Crippen molar-refractivity contribution in [2.45, 2.75) is 26.9 Å². The Balaban J connectivity index is 0.00000264. The molecule has 23 heavy (non-hydrogen) atoms. The molecule has 0 spiro atoms. The summed E-state index contributed by atoms with van der Waals surface area (Å²) >= 11 is 7.75. The van der Waals surface area contributed by atoms with Gasteiger partial charge in [0.15, 0.2) is 5.96 Å². The van der Waals surface area contributed by atoms with E-state index in [4.69, 9.17) is 11.6 Å². The van der Waals surface area contributed by atoms with Crippen LogP contribution in [0, 0.1) is 13.8 Å². The minimum Gasteiger partial charge on any atom is -0.351 e. The van der Waals surface area contributed by atoms with Crippen molar-refractivity contribution in [3.05, 3.63) is 38.6 Å². The van der Waals surface area contributed by atoms with Crippen LogP contribution in [-0.2, 0) is 20.1 Å². The summed E-state index contributed by atoms with van der Waals surface area (Å²) in [6, 6.07) is 1.97. The fraction of sp³-hybridized carbons (Fsp3) is 0.467. The maximum absolute atomic E-state index is 6.03. The number of thiazole rings is 1. The van der Waals surface area contributed by atoms with E-state index in [2.05, 4.69) is 20.2 Å². The molecular weight excluding hydrogens is 445 g/mol. The lowest BCUT2D eigenvalue weighted by atomic mass is 10.4. The Kier molecular flexibility index (Phi) is 7.82. The van der Waals surface area contributed by atoms with Gasteiger partial charge in [-0.25, -0.2) is 4.98 Å². The smallest absolute Gasteiger partial charge is 0.194 e. The van der Waals surface area contributed by atoms with Crippen LogP contribution < -0.4 is 5.32 Å². The number of rotatable bonds is 4. The van der Waals surface area contributed by atoms with Gasteiger partial charge in [-0.1, -0.05) is 11.6 Å². The van der Waals surface area contributed by atoms with Crippen LogP contribution in [0.4, 0.5) is 0 Å². The standard InChI is InChI=1S/C15H22ClN5S.HI/c1-10-14(22-11(2)19-10)7-18-15(17-3)21(5)9-13-6-12(16)8-20(13)4;/h6,8H,7,9H2,1-5H3,(H,17,18);1H. The largest absolute Gasteiger partial charge is 0.351 e. The molecule has 5 nitrogen and oxygen atoms in total. The molecule has 0 fully saturated rings. The van der Waals surface area contributed by atoms with Crippen LogP contribution in [0.5, 0.6) is 0 Å². The number of nitrogens with one attached hydrogen (secondary N) is 1. The molecule has 0 atom stereocenters. The summed E-state index contributed by atoms with van der Waals surface area (Å²) in [4.78, 5) is 12.1. The van der Waals surface area contributed by atoms with Crippen molar-refractivity contribution in [3.63, 3.8) is 0 Å². The third-order valence-corrected chi connectivity index (χ3v) is 4.73. The number of halogens is 2. The molecule has 0 unspecified atom stereocenters. The maximum Gasteiger partial charge on any atom is 0.194 e. The summed E-state index contributed by atoms with van der Waals surface area (Å²) in [5, 5.41) is 5.24. The third-order valence-electron chi connectivity index (χ3n) is 3.45. The highest BCUT2D eigenvalue weighted by molar-refractivity contribution is 14.0. The molecule has 0 saturated carbocycles. The summed E-state index contributed by atoms with van der Waals surface area (Å²) in [7, 11) is 5.80. The SMILES string of the molecule is CN=C(NCc1sc(C)nc1C)N(C)Cc1cc(Cl)cn1C.I. The number of hydrogen-bond donors (Lipinski definition) is 1. The molecule has 128 valence electrons. The van der Waals surface area contributed by atoms with Gasteiger partial charge in [0.25, 0.3) is 0 Å². The van der Waals surface area contributed by atoms with E-state index >= 15 is 0 Å². The lowest BCUT2D eigenvalue weighted by molar-refractivity contribution is 0.462. The topological polar surface area (TPSA) is 45.5 Å². The Morgan fingerprint density at radius 3 is 2.65 bits per heavy atom. The van der Waals surface area contributed by atoms with Crippen LogP contribution in [0.25, 0.3) is 0 Å². The number of aryl methyl sites for hydroxylation is 3. The average molecular weight is 468 g/mol. The predicted octanol–water partition coefficient (Wildman–Crippen LogP) is 3.58. The molecule has 2 rings (SSSR count). The highest BCUT2D eigenvalue weighted by Gasteiger charge is 2.11. The first-order valence-corrected chi connectivity index (χ1v) is 8.25. The molecule has 2 heterocycles. The Bertz CT molecular complexity index is 679. The van der Waals surface area contributed by atoms with Crippen LogP contribution >= 0.6 is 46.9 Å². The number of aliphatic imine (C=N–C) groups is 1. The van der Waals surface area contributed by atoms with Crippen molar-refractivity contribution >= 4 is 52.9 Å². The van der Waals surface area contributed by atoms with E-state index in [1.807, 2.05) is 44.8 Å². The van der Waals surface area contributed by atoms with Gasteiger partial charge in [-0.2, -0.15) is 0 Å². The fourth-order valence-electron chi connectivity index (χ4n) is 2.32. The van der Waals surface area contributed by atoms with E-state index in [-0.39, 0.29) is 24.0 Å². The molecule has 0 aliphatic carbocycles. The Hall–Kier alpha value is -0.800. The van der Waals surface area contributed by atoms with Gasteiger partial charge in [-0.15, -0.1) is 35.3 Å². The van der Waals surface area contributed by atoms with Gasteiger partial charge in [0, 0.05) is 37.9 Å². The second kappa shape index (κ2) is 8.89. The first-order valence-electron chi connectivity index (χ1n) is 7.06. The van der Waals surface area contributed by atoms with E-state index < -0.39 is 0 Å². The van der Waals surface area contributed by atoms with Gasteiger partial charge in [0.2, 0.25) is 0 Å². The summed E-state index contributed by atoms with van der Waals surface area (Å²) in [6.45, 7) is 5.55. The highest BCUT2D eigenvalue weighted by atomic mass is 127. The molecule has 0 bridgehead atoms. The molecule has 0 aliphatic rings. The van der Waals surface area contributed by atoms with Gasteiger partial charge in [-0.05, 0) is 19.9 Å². The second-order valence-corrected chi connectivity index (χ2v) is 6.98. The summed E-state index contributed by atoms with van der Waals surface area (Å²) < 4.78 is 2.03. The molecule has 2 aromatic heterocycles. The number of guanidine groups is 1. The van der Waals surface area contributed by atoms with E-state index in [1.165, 1.54) is 4.88 Å². The van der Waals surface area contributed by atoms with Crippen molar-refractivity contribution in [2.75, 3.05) is 14.1 Å². The number of aromatic nitrogens is 2. The molecule has 1 N–H and O–H groups in total. The van der Waals surface area contributed by atoms with E-state index in [9.17, 15) is 0 Å². The Morgan fingerprint density at radius 1 is 1.48 bits per heavy atom. The van der Waals surface area contributed by atoms with Crippen LogP contribution in [0.3, 0.4) is 0 Å². The van der Waals surface area contributed by atoms with Crippen molar-refractivity contribution in [1.29, 1.82) is 0 Å². The van der Waals surface area contributed by atoms with Crippen molar-refractivity contribution in [3.8, 4) is 0 Å². The van der Waals surface area contributed by atoms with Crippen molar-refractivity contribution in [2.24, 2.45) is 12.0 Å². The fourth-order valence-corrected chi connectivity index (χ4v) is 3.47. The van der Waals surface area contributed by atoms with Crippen LogP contribution in [0.15, 0.2) is 17.3 Å². The molecule has 0 radical (unpaired) electrons. The second-order valence-electron chi connectivity index (χ2n) is 5.26. The van der Waals surface area contributed by atoms with Gasteiger partial charge < -0.3 is 14.8 Å².